The number of hydrogen-bond donors (Lipinski definition) is 0. The minimum atomic E-state index is -3.20. The fourth-order valence-corrected chi connectivity index (χ4v) is 4.06. The van der Waals surface area contributed by atoms with E-state index in [9.17, 15) is 8.42 Å². The lowest BCUT2D eigenvalue weighted by Crippen LogP contribution is -2.22. The van der Waals surface area contributed by atoms with E-state index in [1.165, 1.54) is 11.8 Å². The van der Waals surface area contributed by atoms with Crippen molar-refractivity contribution in [2.24, 2.45) is 13.0 Å². The van der Waals surface area contributed by atoms with Gasteiger partial charge in [-0.2, -0.15) is 5.10 Å². The molecule has 1 aliphatic rings. The van der Waals surface area contributed by atoms with E-state index in [1.54, 1.807) is 12.1 Å². The van der Waals surface area contributed by atoms with Gasteiger partial charge in [0.1, 0.15) is 0 Å². The maximum atomic E-state index is 11.9. The highest BCUT2D eigenvalue weighted by molar-refractivity contribution is 7.90. The van der Waals surface area contributed by atoms with Crippen LogP contribution in [0.1, 0.15) is 12.0 Å². The Labute approximate surface area is 131 Å². The van der Waals surface area contributed by atoms with Gasteiger partial charge in [-0.15, -0.1) is 0 Å². The summed E-state index contributed by atoms with van der Waals surface area (Å²) in [4.78, 5) is 2.62. The highest BCUT2D eigenvalue weighted by atomic mass is 32.2. The van der Waals surface area contributed by atoms with E-state index < -0.39 is 9.84 Å². The van der Waals surface area contributed by atoms with E-state index in [0.29, 0.717) is 10.8 Å². The summed E-state index contributed by atoms with van der Waals surface area (Å²) in [6, 6.07) is 7.28. The van der Waals surface area contributed by atoms with Crippen LogP contribution in [0.15, 0.2) is 41.6 Å². The lowest BCUT2D eigenvalue weighted by molar-refractivity contribution is 0.585. The number of aromatic nitrogens is 2. The van der Waals surface area contributed by atoms with E-state index in [4.69, 9.17) is 0 Å². The highest BCUT2D eigenvalue weighted by Crippen LogP contribution is 2.31. The van der Waals surface area contributed by atoms with Gasteiger partial charge in [0.15, 0.2) is 9.84 Å². The molecule has 1 atom stereocenters. The first kappa shape index (κ1) is 15.1. The summed E-state index contributed by atoms with van der Waals surface area (Å²) in [5, 5.41) is 4.21. The summed E-state index contributed by atoms with van der Waals surface area (Å²) in [5.74, 6) is 0.539. The van der Waals surface area contributed by atoms with Crippen LogP contribution < -0.4 is 4.90 Å². The molecule has 0 amide bonds. The van der Waals surface area contributed by atoms with Crippen LogP contribution >= 0.6 is 0 Å². The van der Waals surface area contributed by atoms with Gasteiger partial charge >= 0.3 is 0 Å². The molecular weight excluding hydrogens is 298 g/mol. The van der Waals surface area contributed by atoms with Crippen LogP contribution in [0.4, 0.5) is 5.69 Å². The molecule has 5 nitrogen and oxygen atoms in total. The highest BCUT2D eigenvalue weighted by Gasteiger charge is 2.26. The summed E-state index contributed by atoms with van der Waals surface area (Å²) >= 11 is 0. The first-order chi connectivity index (χ1) is 10.4. The minimum Gasteiger partial charge on any atom is -0.370 e. The summed E-state index contributed by atoms with van der Waals surface area (Å²) in [7, 11) is -1.28. The molecule has 1 unspecified atom stereocenters. The van der Waals surface area contributed by atoms with Crippen molar-refractivity contribution < 1.29 is 8.42 Å². The third-order valence-electron chi connectivity index (χ3n) is 4.17. The van der Waals surface area contributed by atoms with Gasteiger partial charge in [0, 0.05) is 32.6 Å². The maximum Gasteiger partial charge on any atom is 0.177 e. The molecule has 1 aliphatic heterocycles. The smallest absolute Gasteiger partial charge is 0.177 e. The van der Waals surface area contributed by atoms with Crippen molar-refractivity contribution in [3.63, 3.8) is 0 Å². The predicted molar refractivity (Wildman–Crippen MR) is 86.8 cm³/mol. The Balaban J connectivity index is 1.76. The van der Waals surface area contributed by atoms with Crippen molar-refractivity contribution in [1.82, 2.24) is 9.78 Å². The number of nitrogens with zero attached hydrogens (tertiary/aromatic N) is 3. The van der Waals surface area contributed by atoms with Gasteiger partial charge in [-0.05, 0) is 36.5 Å². The monoisotopic (exact) mass is 319 g/mol. The van der Waals surface area contributed by atoms with E-state index >= 15 is 0 Å². The zero-order chi connectivity index (χ0) is 15.7. The topological polar surface area (TPSA) is 55.2 Å². The van der Waals surface area contributed by atoms with E-state index in [2.05, 4.69) is 10.00 Å². The molecule has 22 heavy (non-hydrogen) atoms. The van der Waals surface area contributed by atoms with E-state index in [1.807, 2.05) is 36.3 Å². The van der Waals surface area contributed by atoms with Crippen molar-refractivity contribution >= 4 is 15.5 Å². The van der Waals surface area contributed by atoms with E-state index in [-0.39, 0.29) is 0 Å². The van der Waals surface area contributed by atoms with Gasteiger partial charge in [-0.25, -0.2) is 8.42 Å². The molecule has 1 aromatic heterocycles. The molecule has 0 N–H and O–H groups in total. The Morgan fingerprint density at radius 3 is 2.77 bits per heavy atom. The molecule has 1 aromatic carbocycles. The number of rotatable bonds is 4. The van der Waals surface area contributed by atoms with E-state index in [0.717, 1.165) is 31.6 Å². The van der Waals surface area contributed by atoms with Crippen LogP contribution in [0, 0.1) is 5.92 Å². The molecule has 2 heterocycles. The van der Waals surface area contributed by atoms with Crippen molar-refractivity contribution in [3.8, 4) is 0 Å². The molecule has 3 rings (SSSR count). The lowest BCUT2D eigenvalue weighted by atomic mass is 10.0. The van der Waals surface area contributed by atoms with Crippen LogP contribution in [0.3, 0.4) is 0 Å². The lowest BCUT2D eigenvalue weighted by Gasteiger charge is -2.21. The Hall–Kier alpha value is -1.82. The fraction of sp³-hybridized carbons (Fsp3) is 0.438. The fourth-order valence-electron chi connectivity index (χ4n) is 3.16. The Morgan fingerprint density at radius 2 is 2.09 bits per heavy atom. The minimum absolute atomic E-state index is 0.428. The number of benzene rings is 1. The van der Waals surface area contributed by atoms with Gasteiger partial charge in [-0.1, -0.05) is 12.1 Å². The molecule has 1 fully saturated rings. The van der Waals surface area contributed by atoms with Crippen molar-refractivity contribution in [3.05, 3.63) is 42.2 Å². The van der Waals surface area contributed by atoms with Gasteiger partial charge in [0.2, 0.25) is 0 Å². The summed E-state index contributed by atoms with van der Waals surface area (Å²) in [6.45, 7) is 1.79. The van der Waals surface area contributed by atoms with Crippen LogP contribution in [-0.4, -0.2) is 37.5 Å². The normalized spacial score (nSPS) is 18.8. The number of para-hydroxylation sites is 1. The molecular formula is C16H21N3O2S. The van der Waals surface area contributed by atoms with Crippen molar-refractivity contribution in [2.75, 3.05) is 24.2 Å². The number of aryl methyl sites for hydroxylation is 1. The summed E-state index contributed by atoms with van der Waals surface area (Å²) in [5.41, 5.74) is 2.07. The van der Waals surface area contributed by atoms with Crippen LogP contribution in [0.2, 0.25) is 0 Å². The third kappa shape index (κ3) is 3.16. The first-order valence-corrected chi connectivity index (χ1v) is 9.34. The average Bonchev–Trinajstić information content (AvgIpc) is 3.08. The SMILES string of the molecule is Cn1cc(CC2CCN(c3ccccc3S(C)(=O)=O)C2)cn1. The van der Waals surface area contributed by atoms with Gasteiger partial charge in [0.25, 0.3) is 0 Å². The number of sulfone groups is 1. The molecule has 0 saturated carbocycles. The second kappa shape index (κ2) is 5.76. The number of hydrogen-bond acceptors (Lipinski definition) is 4. The Bertz CT molecular complexity index is 767. The zero-order valence-corrected chi connectivity index (χ0v) is 13.8. The summed E-state index contributed by atoms with van der Waals surface area (Å²) < 4.78 is 25.7. The molecule has 118 valence electrons. The molecule has 0 radical (unpaired) electrons. The van der Waals surface area contributed by atoms with Gasteiger partial charge in [-0.3, -0.25) is 4.68 Å². The molecule has 0 aliphatic carbocycles. The Kier molecular flexibility index (Phi) is 3.95. The number of anilines is 1. The quantitative estimate of drug-likeness (QED) is 0.863. The Morgan fingerprint density at radius 1 is 1.32 bits per heavy atom. The van der Waals surface area contributed by atoms with Crippen molar-refractivity contribution in [2.45, 2.75) is 17.7 Å². The van der Waals surface area contributed by atoms with Gasteiger partial charge < -0.3 is 4.90 Å². The largest absolute Gasteiger partial charge is 0.370 e. The molecule has 0 bridgehead atoms. The second-order valence-corrected chi connectivity index (χ2v) is 8.05. The summed E-state index contributed by atoms with van der Waals surface area (Å²) in [6.07, 6.45) is 7.30. The average molecular weight is 319 g/mol. The maximum absolute atomic E-state index is 11.9. The molecule has 0 spiro atoms. The molecule has 1 saturated heterocycles. The molecule has 6 heteroatoms. The third-order valence-corrected chi connectivity index (χ3v) is 5.32. The van der Waals surface area contributed by atoms with Gasteiger partial charge in [0.05, 0.1) is 16.8 Å². The first-order valence-electron chi connectivity index (χ1n) is 7.45. The molecule has 2 aromatic rings. The van der Waals surface area contributed by atoms with Crippen molar-refractivity contribution in [1.29, 1.82) is 0 Å². The van der Waals surface area contributed by atoms with Crippen LogP contribution in [0.25, 0.3) is 0 Å². The standard InChI is InChI=1S/C16H21N3O2S/c1-18-11-14(10-17-18)9-13-7-8-19(12-13)15-5-3-4-6-16(15)22(2,20)21/h3-6,10-11,13H,7-9,12H2,1-2H3. The van der Waals surface area contributed by atoms with Crippen LogP contribution in [-0.2, 0) is 23.3 Å². The van der Waals surface area contributed by atoms with Crippen LogP contribution in [0.5, 0.6) is 0 Å². The second-order valence-electron chi connectivity index (χ2n) is 6.07. The predicted octanol–water partition coefficient (Wildman–Crippen LogP) is 1.89. The zero-order valence-electron chi connectivity index (χ0n) is 12.9.